The molecule has 2 rings (SSSR count). The largest absolute Gasteiger partial charge is 0.497 e. The summed E-state index contributed by atoms with van der Waals surface area (Å²) in [7, 11) is -3.07. The van der Waals surface area contributed by atoms with Crippen molar-refractivity contribution in [3.05, 3.63) is 53.6 Å². The van der Waals surface area contributed by atoms with Gasteiger partial charge in [0.1, 0.15) is 11.4 Å². The van der Waals surface area contributed by atoms with Crippen LogP contribution in [0.15, 0.2) is 35.2 Å². The molecule has 0 bridgehead atoms. The van der Waals surface area contributed by atoms with E-state index >= 15 is 0 Å². The van der Waals surface area contributed by atoms with Crippen LogP contribution in [-0.2, 0) is 10.0 Å². The Balaban J connectivity index is 2.45. The molecule has 118 valence electrons. The second-order valence-electron chi connectivity index (χ2n) is 4.12. The standard InChI is InChI=1S/C13H9F4NO3S/c1-21-7-2-4-8(5-3-7)22(19,20)18-13-11(16)9(14)6-10(15)12(13)17/h2-6,18H,1H3. The molecule has 4 nitrogen and oxygen atoms in total. The number of rotatable bonds is 4. The zero-order chi connectivity index (χ0) is 16.5. The molecule has 0 aliphatic heterocycles. The fraction of sp³-hybridized carbons (Fsp3) is 0.0769. The van der Waals surface area contributed by atoms with E-state index in [1.165, 1.54) is 24.0 Å². The Labute approximate surface area is 123 Å². The van der Waals surface area contributed by atoms with Crippen LogP contribution in [0.3, 0.4) is 0 Å². The van der Waals surface area contributed by atoms with Crippen molar-refractivity contribution in [2.75, 3.05) is 11.8 Å². The molecule has 0 heterocycles. The molecule has 0 saturated carbocycles. The molecule has 2 aromatic rings. The van der Waals surface area contributed by atoms with Crippen LogP contribution in [0.1, 0.15) is 0 Å². The Morgan fingerprint density at radius 3 is 1.91 bits per heavy atom. The van der Waals surface area contributed by atoms with Gasteiger partial charge in [-0.25, -0.2) is 26.0 Å². The first kappa shape index (κ1) is 16.1. The molecule has 0 aromatic heterocycles. The normalized spacial score (nSPS) is 11.3. The van der Waals surface area contributed by atoms with Crippen molar-refractivity contribution in [2.45, 2.75) is 4.90 Å². The summed E-state index contributed by atoms with van der Waals surface area (Å²) in [5.74, 6) is -6.75. The van der Waals surface area contributed by atoms with Crippen LogP contribution in [0, 0.1) is 23.3 Å². The van der Waals surface area contributed by atoms with Crippen molar-refractivity contribution in [3.63, 3.8) is 0 Å². The van der Waals surface area contributed by atoms with Crippen LogP contribution >= 0.6 is 0 Å². The highest BCUT2D eigenvalue weighted by molar-refractivity contribution is 7.92. The monoisotopic (exact) mass is 335 g/mol. The van der Waals surface area contributed by atoms with Crippen LogP contribution in [0.2, 0.25) is 0 Å². The molecule has 9 heteroatoms. The summed E-state index contributed by atoms with van der Waals surface area (Å²) >= 11 is 0. The van der Waals surface area contributed by atoms with E-state index < -0.39 is 39.0 Å². The topological polar surface area (TPSA) is 55.4 Å². The van der Waals surface area contributed by atoms with E-state index in [1.54, 1.807) is 0 Å². The minimum absolute atomic E-state index is 0.0180. The van der Waals surface area contributed by atoms with Crippen LogP contribution in [0.25, 0.3) is 0 Å². The summed E-state index contributed by atoms with van der Waals surface area (Å²) in [5.41, 5.74) is -1.42. The number of hydrogen-bond acceptors (Lipinski definition) is 3. The second kappa shape index (κ2) is 5.84. The zero-order valence-corrected chi connectivity index (χ0v) is 11.8. The Morgan fingerprint density at radius 1 is 0.955 bits per heavy atom. The van der Waals surface area contributed by atoms with Gasteiger partial charge < -0.3 is 4.74 Å². The van der Waals surface area contributed by atoms with Crippen LogP contribution < -0.4 is 9.46 Å². The average Bonchev–Trinajstić information content (AvgIpc) is 2.49. The van der Waals surface area contributed by atoms with Gasteiger partial charge in [0.05, 0.1) is 12.0 Å². The van der Waals surface area contributed by atoms with Gasteiger partial charge in [-0.2, -0.15) is 0 Å². The summed E-state index contributed by atoms with van der Waals surface area (Å²) in [5, 5.41) is 0. The van der Waals surface area contributed by atoms with E-state index in [4.69, 9.17) is 4.74 Å². The Bertz CT molecular complexity index is 781. The molecule has 0 fully saturated rings. The van der Waals surface area contributed by atoms with E-state index in [0.717, 1.165) is 12.1 Å². The molecule has 0 aliphatic carbocycles. The molecule has 0 saturated heterocycles. The number of methoxy groups -OCH3 is 1. The predicted molar refractivity (Wildman–Crippen MR) is 70.1 cm³/mol. The molecule has 0 aliphatic rings. The quantitative estimate of drug-likeness (QED) is 0.690. The van der Waals surface area contributed by atoms with Crippen molar-refractivity contribution < 1.29 is 30.7 Å². The van der Waals surface area contributed by atoms with Gasteiger partial charge in [0.25, 0.3) is 10.0 Å². The molecule has 22 heavy (non-hydrogen) atoms. The lowest BCUT2D eigenvalue weighted by molar-refractivity contribution is 0.414. The summed E-state index contributed by atoms with van der Waals surface area (Å²) in [6.45, 7) is 0. The Hall–Kier alpha value is -2.29. The number of sulfonamides is 1. The molecule has 0 atom stereocenters. The maximum absolute atomic E-state index is 13.5. The first-order chi connectivity index (χ1) is 10.3. The average molecular weight is 335 g/mol. The third-order valence-corrected chi connectivity index (χ3v) is 4.08. The lowest BCUT2D eigenvalue weighted by Crippen LogP contribution is -2.16. The molecular weight excluding hydrogens is 326 g/mol. The number of ether oxygens (including phenoxy) is 1. The third-order valence-electron chi connectivity index (χ3n) is 2.72. The maximum Gasteiger partial charge on any atom is 0.262 e. The predicted octanol–water partition coefficient (Wildman–Crippen LogP) is 3.05. The highest BCUT2D eigenvalue weighted by atomic mass is 32.2. The van der Waals surface area contributed by atoms with Crippen molar-refractivity contribution >= 4 is 15.7 Å². The highest BCUT2D eigenvalue weighted by Gasteiger charge is 2.24. The second-order valence-corrected chi connectivity index (χ2v) is 5.81. The molecule has 1 N–H and O–H groups in total. The number of halogens is 4. The minimum atomic E-state index is -4.44. The van der Waals surface area contributed by atoms with Crippen LogP contribution in [0.4, 0.5) is 23.2 Å². The van der Waals surface area contributed by atoms with Crippen LogP contribution in [-0.4, -0.2) is 15.5 Å². The van der Waals surface area contributed by atoms with Gasteiger partial charge in [-0.05, 0) is 24.3 Å². The van der Waals surface area contributed by atoms with Gasteiger partial charge in [0.15, 0.2) is 23.3 Å². The van der Waals surface area contributed by atoms with Crippen molar-refractivity contribution in [2.24, 2.45) is 0 Å². The van der Waals surface area contributed by atoms with Gasteiger partial charge in [0, 0.05) is 6.07 Å². The first-order valence-corrected chi connectivity index (χ1v) is 7.24. The third kappa shape index (κ3) is 2.98. The van der Waals surface area contributed by atoms with Crippen molar-refractivity contribution in [1.29, 1.82) is 0 Å². The summed E-state index contributed by atoms with van der Waals surface area (Å²) < 4.78 is 83.4. The fourth-order valence-corrected chi connectivity index (χ4v) is 2.67. The minimum Gasteiger partial charge on any atom is -0.497 e. The fourth-order valence-electron chi connectivity index (χ4n) is 1.61. The van der Waals surface area contributed by atoms with Gasteiger partial charge in [-0.15, -0.1) is 0 Å². The number of nitrogens with one attached hydrogen (secondary N) is 1. The molecular formula is C13H9F4NO3S. The molecule has 0 radical (unpaired) electrons. The Kier molecular flexibility index (Phi) is 4.27. The van der Waals surface area contributed by atoms with E-state index in [-0.39, 0.29) is 11.0 Å². The summed E-state index contributed by atoms with van der Waals surface area (Å²) in [6, 6.07) is 4.79. The van der Waals surface area contributed by atoms with Gasteiger partial charge in [-0.1, -0.05) is 0 Å². The zero-order valence-electron chi connectivity index (χ0n) is 11.0. The van der Waals surface area contributed by atoms with Crippen molar-refractivity contribution in [1.82, 2.24) is 0 Å². The van der Waals surface area contributed by atoms with E-state index in [0.29, 0.717) is 5.75 Å². The SMILES string of the molecule is COc1ccc(S(=O)(=O)Nc2c(F)c(F)cc(F)c2F)cc1. The van der Waals surface area contributed by atoms with E-state index in [9.17, 15) is 26.0 Å². The van der Waals surface area contributed by atoms with Crippen LogP contribution in [0.5, 0.6) is 5.75 Å². The molecule has 0 amide bonds. The van der Waals surface area contributed by atoms with Gasteiger partial charge in [-0.3, -0.25) is 4.72 Å². The van der Waals surface area contributed by atoms with E-state index in [2.05, 4.69) is 0 Å². The Morgan fingerprint density at radius 2 is 1.45 bits per heavy atom. The number of hydrogen-bond donors (Lipinski definition) is 1. The number of anilines is 1. The summed E-state index contributed by atoms with van der Waals surface area (Å²) in [6.07, 6.45) is 0. The number of benzene rings is 2. The molecule has 0 unspecified atom stereocenters. The van der Waals surface area contributed by atoms with Gasteiger partial charge in [0.2, 0.25) is 0 Å². The lowest BCUT2D eigenvalue weighted by Gasteiger charge is -2.11. The van der Waals surface area contributed by atoms with E-state index in [1.807, 2.05) is 0 Å². The molecule has 2 aromatic carbocycles. The van der Waals surface area contributed by atoms with Crippen molar-refractivity contribution in [3.8, 4) is 5.75 Å². The lowest BCUT2D eigenvalue weighted by atomic mass is 10.3. The highest BCUT2D eigenvalue weighted by Crippen LogP contribution is 2.27. The van der Waals surface area contributed by atoms with Gasteiger partial charge >= 0.3 is 0 Å². The smallest absolute Gasteiger partial charge is 0.262 e. The maximum atomic E-state index is 13.5. The summed E-state index contributed by atoms with van der Waals surface area (Å²) in [4.78, 5) is -0.364. The first-order valence-electron chi connectivity index (χ1n) is 5.76. The molecule has 0 spiro atoms.